The van der Waals surface area contributed by atoms with Crippen LogP contribution in [0.15, 0.2) is 12.1 Å². The van der Waals surface area contributed by atoms with Gasteiger partial charge in [-0.2, -0.15) is 0 Å². The van der Waals surface area contributed by atoms with Crippen LogP contribution in [0.4, 0.5) is 0 Å². The Kier molecular flexibility index (Phi) is 5.13. The first-order chi connectivity index (χ1) is 9.15. The number of ether oxygens (including phenoxy) is 1. The number of hydrogen-bond acceptors (Lipinski definition) is 5. The largest absolute Gasteiger partial charge is 0.506 e. The summed E-state index contributed by atoms with van der Waals surface area (Å²) in [4.78, 5) is 6.74. The van der Waals surface area contributed by atoms with Crippen molar-refractivity contribution >= 4 is 0 Å². The highest BCUT2D eigenvalue weighted by atomic mass is 16.5. The fourth-order valence-corrected chi connectivity index (χ4v) is 2.24. The Morgan fingerprint density at radius 3 is 2.89 bits per heavy atom. The number of morpholine rings is 1. The third-order valence-electron chi connectivity index (χ3n) is 3.34. The van der Waals surface area contributed by atoms with E-state index < -0.39 is 0 Å². The molecule has 2 heterocycles. The van der Waals surface area contributed by atoms with Gasteiger partial charge in [0.2, 0.25) is 0 Å². The van der Waals surface area contributed by atoms with Crippen molar-refractivity contribution in [3.8, 4) is 5.75 Å². The molecule has 0 aromatic carbocycles. The van der Waals surface area contributed by atoms with Crippen LogP contribution in [0.3, 0.4) is 0 Å². The SMILES string of the molecule is Cc1ccc(O)c(CNC(C)CN2CCOCC2)n1. The summed E-state index contributed by atoms with van der Waals surface area (Å²) in [6, 6.07) is 3.88. The predicted molar refractivity (Wildman–Crippen MR) is 74.2 cm³/mol. The number of hydrogen-bond donors (Lipinski definition) is 2. The van der Waals surface area contributed by atoms with Crippen molar-refractivity contribution in [2.24, 2.45) is 0 Å². The first-order valence-corrected chi connectivity index (χ1v) is 6.84. The van der Waals surface area contributed by atoms with Gasteiger partial charge in [-0.1, -0.05) is 0 Å². The Bertz CT molecular complexity index is 406. The van der Waals surface area contributed by atoms with Crippen LogP contribution in [0.1, 0.15) is 18.3 Å². The number of aryl methyl sites for hydroxylation is 1. The van der Waals surface area contributed by atoms with Crippen LogP contribution in [0, 0.1) is 6.92 Å². The summed E-state index contributed by atoms with van der Waals surface area (Å²) in [6.45, 7) is 9.33. The van der Waals surface area contributed by atoms with Crippen molar-refractivity contribution in [2.45, 2.75) is 26.4 Å². The van der Waals surface area contributed by atoms with E-state index in [0.717, 1.165) is 38.5 Å². The minimum Gasteiger partial charge on any atom is -0.506 e. The normalized spacial score (nSPS) is 18.4. The molecule has 1 aliphatic rings. The maximum atomic E-state index is 9.74. The first-order valence-electron chi connectivity index (χ1n) is 6.84. The molecule has 1 atom stereocenters. The van der Waals surface area contributed by atoms with Crippen LogP contribution in [0.2, 0.25) is 0 Å². The van der Waals surface area contributed by atoms with Gasteiger partial charge < -0.3 is 15.2 Å². The van der Waals surface area contributed by atoms with Gasteiger partial charge in [-0.3, -0.25) is 9.88 Å². The third-order valence-corrected chi connectivity index (χ3v) is 3.34. The quantitative estimate of drug-likeness (QED) is 0.828. The van der Waals surface area contributed by atoms with Crippen molar-refractivity contribution in [3.63, 3.8) is 0 Å². The maximum Gasteiger partial charge on any atom is 0.138 e. The van der Waals surface area contributed by atoms with Gasteiger partial charge in [-0.05, 0) is 26.0 Å². The summed E-state index contributed by atoms with van der Waals surface area (Å²) in [5.74, 6) is 0.261. The Morgan fingerprint density at radius 1 is 1.42 bits per heavy atom. The van der Waals surface area contributed by atoms with E-state index in [-0.39, 0.29) is 5.75 Å². The average molecular weight is 265 g/mol. The number of nitrogens with one attached hydrogen (secondary N) is 1. The van der Waals surface area contributed by atoms with Gasteiger partial charge in [0.15, 0.2) is 0 Å². The molecule has 0 amide bonds. The molecule has 1 aromatic heterocycles. The minimum absolute atomic E-state index is 0.261. The Morgan fingerprint density at radius 2 is 2.16 bits per heavy atom. The van der Waals surface area contributed by atoms with Crippen molar-refractivity contribution < 1.29 is 9.84 Å². The van der Waals surface area contributed by atoms with E-state index in [0.29, 0.717) is 18.3 Å². The molecule has 0 aliphatic carbocycles. The van der Waals surface area contributed by atoms with Crippen LogP contribution in [-0.2, 0) is 11.3 Å². The number of aromatic hydroxyl groups is 1. The highest BCUT2D eigenvalue weighted by molar-refractivity contribution is 5.27. The zero-order valence-electron chi connectivity index (χ0n) is 11.7. The maximum absolute atomic E-state index is 9.74. The molecule has 2 rings (SSSR count). The highest BCUT2D eigenvalue weighted by Gasteiger charge is 2.14. The van der Waals surface area contributed by atoms with Gasteiger partial charge >= 0.3 is 0 Å². The summed E-state index contributed by atoms with van der Waals surface area (Å²) in [6.07, 6.45) is 0. The van der Waals surface area contributed by atoms with Crippen molar-refractivity contribution in [1.82, 2.24) is 15.2 Å². The van der Waals surface area contributed by atoms with Gasteiger partial charge in [0, 0.05) is 37.9 Å². The Hall–Kier alpha value is -1.17. The lowest BCUT2D eigenvalue weighted by molar-refractivity contribution is 0.0343. The van der Waals surface area contributed by atoms with E-state index in [4.69, 9.17) is 4.74 Å². The van der Waals surface area contributed by atoms with Gasteiger partial charge in [0.25, 0.3) is 0 Å². The standard InChI is InChI=1S/C14H23N3O2/c1-11-3-4-14(18)13(16-11)9-15-12(2)10-17-5-7-19-8-6-17/h3-4,12,15,18H,5-10H2,1-2H3. The number of rotatable bonds is 5. The summed E-state index contributed by atoms with van der Waals surface area (Å²) < 4.78 is 5.33. The molecule has 0 saturated carbocycles. The van der Waals surface area contributed by atoms with E-state index in [1.807, 2.05) is 13.0 Å². The second-order valence-electron chi connectivity index (χ2n) is 5.11. The monoisotopic (exact) mass is 265 g/mol. The lowest BCUT2D eigenvalue weighted by Crippen LogP contribution is -2.44. The van der Waals surface area contributed by atoms with E-state index in [1.165, 1.54) is 0 Å². The third kappa shape index (κ3) is 4.45. The first kappa shape index (κ1) is 14.2. The van der Waals surface area contributed by atoms with E-state index in [9.17, 15) is 5.11 Å². The average Bonchev–Trinajstić information content (AvgIpc) is 2.41. The zero-order valence-corrected chi connectivity index (χ0v) is 11.7. The molecule has 19 heavy (non-hydrogen) atoms. The summed E-state index contributed by atoms with van der Waals surface area (Å²) >= 11 is 0. The molecule has 0 spiro atoms. The van der Waals surface area contributed by atoms with Crippen LogP contribution in [0.25, 0.3) is 0 Å². The Balaban J connectivity index is 1.79. The lowest BCUT2D eigenvalue weighted by Gasteiger charge is -2.29. The van der Waals surface area contributed by atoms with E-state index >= 15 is 0 Å². The molecule has 1 aromatic rings. The second kappa shape index (κ2) is 6.84. The second-order valence-corrected chi connectivity index (χ2v) is 5.11. The van der Waals surface area contributed by atoms with Gasteiger partial charge in [-0.25, -0.2) is 0 Å². The number of aromatic nitrogens is 1. The molecule has 5 nitrogen and oxygen atoms in total. The molecule has 2 N–H and O–H groups in total. The highest BCUT2D eigenvalue weighted by Crippen LogP contribution is 2.14. The topological polar surface area (TPSA) is 57.6 Å². The Labute approximate surface area is 114 Å². The van der Waals surface area contributed by atoms with Crippen molar-refractivity contribution in [1.29, 1.82) is 0 Å². The van der Waals surface area contributed by atoms with Crippen LogP contribution in [0.5, 0.6) is 5.75 Å². The van der Waals surface area contributed by atoms with Crippen molar-refractivity contribution in [3.05, 3.63) is 23.5 Å². The summed E-state index contributed by atoms with van der Waals surface area (Å²) in [5, 5.41) is 13.1. The molecule has 106 valence electrons. The zero-order chi connectivity index (χ0) is 13.7. The minimum atomic E-state index is 0.261. The van der Waals surface area contributed by atoms with Crippen LogP contribution in [-0.4, -0.2) is 53.9 Å². The summed E-state index contributed by atoms with van der Waals surface area (Å²) in [7, 11) is 0. The molecular weight excluding hydrogens is 242 g/mol. The smallest absolute Gasteiger partial charge is 0.138 e. The molecule has 5 heteroatoms. The fourth-order valence-electron chi connectivity index (χ4n) is 2.24. The molecule has 0 bridgehead atoms. The number of nitrogens with zero attached hydrogens (tertiary/aromatic N) is 2. The fraction of sp³-hybridized carbons (Fsp3) is 0.643. The van der Waals surface area contributed by atoms with Gasteiger partial charge in [0.05, 0.1) is 18.9 Å². The lowest BCUT2D eigenvalue weighted by atomic mass is 10.2. The molecule has 0 radical (unpaired) electrons. The molecule has 1 unspecified atom stereocenters. The molecule has 1 aliphatic heterocycles. The summed E-state index contributed by atoms with van der Waals surface area (Å²) in [5.41, 5.74) is 1.64. The van der Waals surface area contributed by atoms with Crippen LogP contribution < -0.4 is 5.32 Å². The van der Waals surface area contributed by atoms with Crippen LogP contribution >= 0.6 is 0 Å². The molecule has 1 saturated heterocycles. The molecule has 1 fully saturated rings. The number of pyridine rings is 1. The van der Waals surface area contributed by atoms with Gasteiger partial charge in [-0.15, -0.1) is 0 Å². The van der Waals surface area contributed by atoms with E-state index in [1.54, 1.807) is 6.07 Å². The molecular formula is C14H23N3O2. The predicted octanol–water partition coefficient (Wildman–Crippen LogP) is 0.906. The van der Waals surface area contributed by atoms with E-state index in [2.05, 4.69) is 22.1 Å². The van der Waals surface area contributed by atoms with Crippen molar-refractivity contribution in [2.75, 3.05) is 32.8 Å². The van der Waals surface area contributed by atoms with Gasteiger partial charge in [0.1, 0.15) is 5.75 Å².